The standard InChI is InChI=1S/C18H35N/c1-5-13-18(4)16(11-12-17(18)14-19)10-8-6-7-9-15(2)3/h8,10,15-17H,5-7,9,11-14,19H2,1-4H3. The highest BCUT2D eigenvalue weighted by molar-refractivity contribution is 5.04. The third kappa shape index (κ3) is 4.63. The smallest absolute Gasteiger partial charge is 0.00434 e. The van der Waals surface area contributed by atoms with Crippen LogP contribution in [0.3, 0.4) is 0 Å². The fourth-order valence-corrected chi connectivity index (χ4v) is 3.88. The molecule has 0 bridgehead atoms. The van der Waals surface area contributed by atoms with E-state index in [1.807, 2.05) is 0 Å². The molecule has 3 atom stereocenters. The molecule has 0 radical (unpaired) electrons. The summed E-state index contributed by atoms with van der Waals surface area (Å²) in [5.41, 5.74) is 6.44. The maximum absolute atomic E-state index is 5.99. The van der Waals surface area contributed by atoms with Crippen molar-refractivity contribution in [3.8, 4) is 0 Å². The first-order chi connectivity index (χ1) is 9.04. The molecule has 2 N–H and O–H groups in total. The number of hydrogen-bond donors (Lipinski definition) is 1. The van der Waals surface area contributed by atoms with Gasteiger partial charge in [-0.05, 0) is 61.8 Å². The van der Waals surface area contributed by atoms with Gasteiger partial charge >= 0.3 is 0 Å². The van der Waals surface area contributed by atoms with E-state index in [4.69, 9.17) is 5.73 Å². The second kappa shape index (κ2) is 8.09. The van der Waals surface area contributed by atoms with Crippen LogP contribution in [-0.4, -0.2) is 6.54 Å². The van der Waals surface area contributed by atoms with Crippen LogP contribution in [0.15, 0.2) is 12.2 Å². The monoisotopic (exact) mass is 265 g/mol. The summed E-state index contributed by atoms with van der Waals surface area (Å²) < 4.78 is 0. The van der Waals surface area contributed by atoms with Crippen LogP contribution in [0.4, 0.5) is 0 Å². The Morgan fingerprint density at radius 1 is 1.32 bits per heavy atom. The summed E-state index contributed by atoms with van der Waals surface area (Å²) in [4.78, 5) is 0. The normalized spacial score (nSPS) is 31.7. The highest BCUT2D eigenvalue weighted by Gasteiger charge is 2.43. The molecule has 0 aliphatic heterocycles. The Hall–Kier alpha value is -0.300. The molecule has 1 nitrogen and oxygen atoms in total. The van der Waals surface area contributed by atoms with Crippen molar-refractivity contribution in [2.45, 2.75) is 72.6 Å². The van der Waals surface area contributed by atoms with Gasteiger partial charge in [0.25, 0.3) is 0 Å². The molecule has 0 heterocycles. The summed E-state index contributed by atoms with van der Waals surface area (Å²) in [6.07, 6.45) is 14.2. The zero-order valence-corrected chi connectivity index (χ0v) is 13.6. The average Bonchev–Trinajstić information content (AvgIpc) is 2.65. The minimum absolute atomic E-state index is 0.456. The lowest BCUT2D eigenvalue weighted by Crippen LogP contribution is -2.32. The van der Waals surface area contributed by atoms with Gasteiger partial charge in [-0.25, -0.2) is 0 Å². The molecule has 1 fully saturated rings. The van der Waals surface area contributed by atoms with E-state index < -0.39 is 0 Å². The van der Waals surface area contributed by atoms with Crippen LogP contribution in [-0.2, 0) is 0 Å². The van der Waals surface area contributed by atoms with Crippen LogP contribution in [0, 0.1) is 23.2 Å². The van der Waals surface area contributed by atoms with E-state index in [9.17, 15) is 0 Å². The highest BCUT2D eigenvalue weighted by Crippen LogP contribution is 2.50. The van der Waals surface area contributed by atoms with Crippen molar-refractivity contribution in [1.29, 1.82) is 0 Å². The predicted molar refractivity (Wildman–Crippen MR) is 86.1 cm³/mol. The van der Waals surface area contributed by atoms with Crippen molar-refractivity contribution in [2.24, 2.45) is 28.9 Å². The largest absolute Gasteiger partial charge is 0.330 e. The van der Waals surface area contributed by atoms with E-state index in [1.165, 1.54) is 44.9 Å². The third-order valence-electron chi connectivity index (χ3n) is 5.20. The van der Waals surface area contributed by atoms with Gasteiger partial charge in [-0.1, -0.05) is 52.7 Å². The Morgan fingerprint density at radius 3 is 2.63 bits per heavy atom. The summed E-state index contributed by atoms with van der Waals surface area (Å²) in [5.74, 6) is 2.34. The minimum atomic E-state index is 0.456. The van der Waals surface area contributed by atoms with Crippen LogP contribution in [0.5, 0.6) is 0 Å². The van der Waals surface area contributed by atoms with E-state index in [-0.39, 0.29) is 0 Å². The minimum Gasteiger partial charge on any atom is -0.330 e. The predicted octanol–water partition coefficient (Wildman–Crippen LogP) is 5.16. The maximum Gasteiger partial charge on any atom is -0.00434 e. The number of hydrogen-bond acceptors (Lipinski definition) is 1. The van der Waals surface area contributed by atoms with Crippen molar-refractivity contribution in [1.82, 2.24) is 0 Å². The molecule has 1 heteroatoms. The fourth-order valence-electron chi connectivity index (χ4n) is 3.88. The van der Waals surface area contributed by atoms with Crippen LogP contribution in [0.1, 0.15) is 72.6 Å². The van der Waals surface area contributed by atoms with Gasteiger partial charge in [-0.3, -0.25) is 0 Å². The first-order valence-electron chi connectivity index (χ1n) is 8.41. The van der Waals surface area contributed by atoms with E-state index in [0.29, 0.717) is 5.41 Å². The van der Waals surface area contributed by atoms with Crippen molar-refractivity contribution < 1.29 is 0 Å². The SMILES string of the molecule is CCCC1(C)C(C=CCCCC(C)C)CCC1CN. The van der Waals surface area contributed by atoms with Gasteiger partial charge in [0.1, 0.15) is 0 Å². The number of rotatable bonds is 8. The zero-order chi connectivity index (χ0) is 14.3. The molecule has 0 aromatic carbocycles. The number of nitrogens with two attached hydrogens (primary N) is 1. The van der Waals surface area contributed by atoms with Gasteiger partial charge in [0.2, 0.25) is 0 Å². The topological polar surface area (TPSA) is 26.0 Å². The molecule has 0 spiro atoms. The molecule has 1 aliphatic rings. The van der Waals surface area contributed by atoms with Crippen LogP contribution >= 0.6 is 0 Å². The van der Waals surface area contributed by atoms with E-state index >= 15 is 0 Å². The molecule has 0 saturated heterocycles. The Morgan fingerprint density at radius 2 is 2.05 bits per heavy atom. The average molecular weight is 265 g/mol. The van der Waals surface area contributed by atoms with Gasteiger partial charge in [0, 0.05) is 0 Å². The Bertz CT molecular complexity index is 269. The summed E-state index contributed by atoms with van der Waals surface area (Å²) in [7, 11) is 0. The van der Waals surface area contributed by atoms with Crippen LogP contribution in [0.25, 0.3) is 0 Å². The Balaban J connectivity index is 2.49. The second-order valence-electron chi connectivity index (χ2n) is 7.13. The number of unbranched alkanes of at least 4 members (excludes halogenated alkanes) is 1. The second-order valence-corrected chi connectivity index (χ2v) is 7.13. The molecular formula is C18H35N. The molecule has 112 valence electrons. The zero-order valence-electron chi connectivity index (χ0n) is 13.6. The summed E-state index contributed by atoms with van der Waals surface area (Å²) >= 11 is 0. The van der Waals surface area contributed by atoms with Crippen molar-refractivity contribution in [2.75, 3.05) is 6.54 Å². The van der Waals surface area contributed by atoms with E-state index in [0.717, 1.165) is 24.3 Å². The molecule has 1 rings (SSSR count). The molecule has 0 amide bonds. The molecule has 1 saturated carbocycles. The quantitative estimate of drug-likeness (QED) is 0.476. The highest BCUT2D eigenvalue weighted by atomic mass is 14.6. The molecule has 19 heavy (non-hydrogen) atoms. The third-order valence-corrected chi connectivity index (χ3v) is 5.20. The lowest BCUT2D eigenvalue weighted by molar-refractivity contribution is 0.172. The van der Waals surface area contributed by atoms with Crippen LogP contribution in [0.2, 0.25) is 0 Å². The van der Waals surface area contributed by atoms with Crippen molar-refractivity contribution >= 4 is 0 Å². The van der Waals surface area contributed by atoms with Gasteiger partial charge in [-0.15, -0.1) is 0 Å². The van der Waals surface area contributed by atoms with E-state index in [2.05, 4.69) is 39.8 Å². The first kappa shape index (κ1) is 16.8. The summed E-state index contributed by atoms with van der Waals surface area (Å²) in [5, 5.41) is 0. The fraction of sp³-hybridized carbons (Fsp3) is 0.889. The van der Waals surface area contributed by atoms with E-state index in [1.54, 1.807) is 0 Å². The summed E-state index contributed by atoms with van der Waals surface area (Å²) in [6, 6.07) is 0. The Labute approximate surface area is 121 Å². The van der Waals surface area contributed by atoms with Gasteiger partial charge in [-0.2, -0.15) is 0 Å². The lowest BCUT2D eigenvalue weighted by Gasteiger charge is -2.35. The van der Waals surface area contributed by atoms with Crippen LogP contribution < -0.4 is 5.73 Å². The van der Waals surface area contributed by atoms with Crippen molar-refractivity contribution in [3.05, 3.63) is 12.2 Å². The van der Waals surface area contributed by atoms with Gasteiger partial charge < -0.3 is 5.73 Å². The molecule has 3 unspecified atom stereocenters. The lowest BCUT2D eigenvalue weighted by atomic mass is 9.70. The van der Waals surface area contributed by atoms with Gasteiger partial charge in [0.05, 0.1) is 0 Å². The number of allylic oxidation sites excluding steroid dienone is 2. The molecular weight excluding hydrogens is 230 g/mol. The maximum atomic E-state index is 5.99. The molecule has 0 aromatic heterocycles. The first-order valence-corrected chi connectivity index (χ1v) is 8.41. The van der Waals surface area contributed by atoms with Crippen molar-refractivity contribution in [3.63, 3.8) is 0 Å². The van der Waals surface area contributed by atoms with Gasteiger partial charge in [0.15, 0.2) is 0 Å². The summed E-state index contributed by atoms with van der Waals surface area (Å²) in [6.45, 7) is 10.3. The molecule has 0 aromatic rings. The molecule has 1 aliphatic carbocycles. The Kier molecular flexibility index (Phi) is 7.13.